The first-order chi connectivity index (χ1) is 7.28. The van der Waals surface area contributed by atoms with E-state index in [1.165, 1.54) is 7.11 Å². The molecular weight excluding hydrogens is 226 g/mol. The van der Waals surface area contributed by atoms with Gasteiger partial charge >= 0.3 is 0 Å². The molecule has 2 N–H and O–H groups in total. The number of sulfone groups is 1. The van der Waals surface area contributed by atoms with Gasteiger partial charge in [0.15, 0.2) is 9.84 Å². The van der Waals surface area contributed by atoms with Gasteiger partial charge in [0.1, 0.15) is 0 Å². The molecule has 4 nitrogen and oxygen atoms in total. The molecule has 1 rings (SSSR count). The van der Waals surface area contributed by atoms with Gasteiger partial charge in [-0.2, -0.15) is 0 Å². The third kappa shape index (κ3) is 3.43. The SMILES string of the molecule is COCCS(=O)(=O)C1CC(C)(C)CCC1N. The van der Waals surface area contributed by atoms with Gasteiger partial charge < -0.3 is 10.5 Å². The van der Waals surface area contributed by atoms with Crippen molar-refractivity contribution >= 4 is 9.84 Å². The molecule has 96 valence electrons. The number of methoxy groups -OCH3 is 1. The molecule has 2 atom stereocenters. The Morgan fingerprint density at radius 1 is 1.44 bits per heavy atom. The maximum absolute atomic E-state index is 12.1. The first-order valence-corrected chi connectivity index (χ1v) is 7.46. The van der Waals surface area contributed by atoms with Gasteiger partial charge in [-0.1, -0.05) is 13.8 Å². The second kappa shape index (κ2) is 5.02. The minimum Gasteiger partial charge on any atom is -0.384 e. The van der Waals surface area contributed by atoms with E-state index in [1.54, 1.807) is 0 Å². The maximum atomic E-state index is 12.1. The van der Waals surface area contributed by atoms with Crippen molar-refractivity contribution in [3.63, 3.8) is 0 Å². The van der Waals surface area contributed by atoms with Crippen LogP contribution in [0, 0.1) is 5.41 Å². The first-order valence-electron chi connectivity index (χ1n) is 5.74. The minimum atomic E-state index is -3.12. The Bertz CT molecular complexity index is 324. The summed E-state index contributed by atoms with van der Waals surface area (Å²) >= 11 is 0. The van der Waals surface area contributed by atoms with E-state index in [0.29, 0.717) is 6.42 Å². The van der Waals surface area contributed by atoms with Crippen LogP contribution in [-0.4, -0.2) is 39.2 Å². The molecule has 1 fully saturated rings. The van der Waals surface area contributed by atoms with E-state index < -0.39 is 15.1 Å². The molecule has 1 saturated carbocycles. The van der Waals surface area contributed by atoms with Crippen molar-refractivity contribution in [1.29, 1.82) is 0 Å². The molecule has 0 aliphatic heterocycles. The molecule has 0 spiro atoms. The van der Waals surface area contributed by atoms with Crippen molar-refractivity contribution in [2.24, 2.45) is 11.1 Å². The van der Waals surface area contributed by atoms with Gasteiger partial charge in [-0.3, -0.25) is 0 Å². The average molecular weight is 249 g/mol. The van der Waals surface area contributed by atoms with Gasteiger partial charge in [0.25, 0.3) is 0 Å². The Kier molecular flexibility index (Phi) is 4.37. The van der Waals surface area contributed by atoms with E-state index in [4.69, 9.17) is 10.5 Å². The predicted octanol–water partition coefficient (Wildman–Crippen LogP) is 0.954. The van der Waals surface area contributed by atoms with E-state index in [2.05, 4.69) is 13.8 Å². The van der Waals surface area contributed by atoms with Crippen LogP contribution in [0.3, 0.4) is 0 Å². The van der Waals surface area contributed by atoms with Crippen LogP contribution in [0.5, 0.6) is 0 Å². The first kappa shape index (κ1) is 13.9. The molecule has 1 aliphatic carbocycles. The van der Waals surface area contributed by atoms with Crippen molar-refractivity contribution in [3.8, 4) is 0 Å². The molecule has 0 aromatic rings. The van der Waals surface area contributed by atoms with Crippen molar-refractivity contribution < 1.29 is 13.2 Å². The molecule has 2 unspecified atom stereocenters. The second-order valence-corrected chi connectivity index (χ2v) is 7.81. The van der Waals surface area contributed by atoms with Crippen LogP contribution in [0.4, 0.5) is 0 Å². The molecular formula is C11H23NO3S. The number of hydrogen-bond acceptors (Lipinski definition) is 4. The lowest BCUT2D eigenvalue weighted by Crippen LogP contribution is -2.48. The van der Waals surface area contributed by atoms with E-state index in [9.17, 15) is 8.42 Å². The van der Waals surface area contributed by atoms with Crippen molar-refractivity contribution in [2.75, 3.05) is 19.5 Å². The summed E-state index contributed by atoms with van der Waals surface area (Å²) in [5.41, 5.74) is 6.02. The highest BCUT2D eigenvalue weighted by Gasteiger charge is 2.40. The quantitative estimate of drug-likeness (QED) is 0.805. The number of rotatable bonds is 4. The van der Waals surface area contributed by atoms with Crippen molar-refractivity contribution in [3.05, 3.63) is 0 Å². The summed E-state index contributed by atoms with van der Waals surface area (Å²) in [6.07, 6.45) is 2.47. The Balaban J connectivity index is 2.76. The van der Waals surface area contributed by atoms with Crippen LogP contribution in [0.25, 0.3) is 0 Å². The molecule has 1 aliphatic rings. The van der Waals surface area contributed by atoms with Gasteiger partial charge in [-0.15, -0.1) is 0 Å². The summed E-state index contributed by atoms with van der Waals surface area (Å²) in [7, 11) is -1.60. The highest BCUT2D eigenvalue weighted by Crippen LogP contribution is 2.37. The second-order valence-electron chi connectivity index (χ2n) is 5.47. The van der Waals surface area contributed by atoms with E-state index in [-0.39, 0.29) is 23.8 Å². The zero-order chi connectivity index (χ0) is 12.4. The smallest absolute Gasteiger partial charge is 0.156 e. The van der Waals surface area contributed by atoms with Gasteiger partial charge in [-0.25, -0.2) is 8.42 Å². The summed E-state index contributed by atoms with van der Waals surface area (Å²) in [5.74, 6) is 0.0813. The number of hydrogen-bond donors (Lipinski definition) is 1. The predicted molar refractivity (Wildman–Crippen MR) is 65.1 cm³/mol. The molecule has 0 aromatic heterocycles. The highest BCUT2D eigenvalue weighted by atomic mass is 32.2. The zero-order valence-electron chi connectivity index (χ0n) is 10.4. The van der Waals surface area contributed by atoms with Crippen LogP contribution in [0.2, 0.25) is 0 Å². The Labute approximate surface area is 98.5 Å². The lowest BCUT2D eigenvalue weighted by Gasteiger charge is -2.38. The van der Waals surface area contributed by atoms with Crippen LogP contribution in [0.15, 0.2) is 0 Å². The van der Waals surface area contributed by atoms with Crippen LogP contribution in [-0.2, 0) is 14.6 Å². The van der Waals surface area contributed by atoms with Crippen molar-refractivity contribution in [2.45, 2.75) is 44.4 Å². The van der Waals surface area contributed by atoms with Gasteiger partial charge in [0, 0.05) is 13.2 Å². The summed E-state index contributed by atoms with van der Waals surface area (Å²) in [4.78, 5) is 0. The zero-order valence-corrected chi connectivity index (χ0v) is 11.2. The lowest BCUT2D eigenvalue weighted by molar-refractivity contribution is 0.212. The molecule has 0 bridgehead atoms. The molecule has 0 aromatic carbocycles. The summed E-state index contributed by atoms with van der Waals surface area (Å²) in [6.45, 7) is 4.47. The Hall–Kier alpha value is -0.130. The van der Waals surface area contributed by atoms with Crippen LogP contribution in [0.1, 0.15) is 33.1 Å². The lowest BCUT2D eigenvalue weighted by atomic mass is 9.75. The number of nitrogens with two attached hydrogens (primary N) is 1. The third-order valence-corrected chi connectivity index (χ3v) is 5.59. The Morgan fingerprint density at radius 2 is 2.06 bits per heavy atom. The topological polar surface area (TPSA) is 69.4 Å². The normalized spacial score (nSPS) is 30.2. The molecule has 0 heterocycles. The minimum absolute atomic E-state index is 0.0813. The summed E-state index contributed by atoms with van der Waals surface area (Å²) in [6, 6.07) is -0.213. The summed E-state index contributed by atoms with van der Waals surface area (Å²) < 4.78 is 29.0. The molecule has 0 amide bonds. The van der Waals surface area contributed by atoms with E-state index in [0.717, 1.165) is 12.8 Å². The fraction of sp³-hybridized carbons (Fsp3) is 1.00. The Morgan fingerprint density at radius 3 is 2.62 bits per heavy atom. The van der Waals surface area contributed by atoms with Crippen LogP contribution < -0.4 is 5.73 Å². The van der Waals surface area contributed by atoms with Crippen molar-refractivity contribution in [1.82, 2.24) is 0 Å². The van der Waals surface area contributed by atoms with E-state index in [1.807, 2.05) is 0 Å². The standard InChI is InChI=1S/C11H23NO3S/c1-11(2)5-4-9(12)10(8-11)16(13,14)7-6-15-3/h9-10H,4-8,12H2,1-3H3. The average Bonchev–Trinajstić information content (AvgIpc) is 2.19. The van der Waals surface area contributed by atoms with Gasteiger partial charge in [0.2, 0.25) is 0 Å². The molecule has 5 heteroatoms. The molecule has 16 heavy (non-hydrogen) atoms. The fourth-order valence-corrected chi connectivity index (χ4v) is 4.36. The van der Waals surface area contributed by atoms with Gasteiger partial charge in [-0.05, 0) is 24.7 Å². The van der Waals surface area contributed by atoms with Gasteiger partial charge in [0.05, 0.1) is 17.6 Å². The van der Waals surface area contributed by atoms with Crippen LogP contribution >= 0.6 is 0 Å². The fourth-order valence-electron chi connectivity index (χ4n) is 2.29. The number of ether oxygens (including phenoxy) is 1. The largest absolute Gasteiger partial charge is 0.384 e. The monoisotopic (exact) mass is 249 g/mol. The van der Waals surface area contributed by atoms with E-state index >= 15 is 0 Å². The third-order valence-electron chi connectivity index (χ3n) is 3.42. The molecule has 0 radical (unpaired) electrons. The maximum Gasteiger partial charge on any atom is 0.156 e. The molecule has 0 saturated heterocycles. The highest BCUT2D eigenvalue weighted by molar-refractivity contribution is 7.92. The summed E-state index contributed by atoms with van der Waals surface area (Å²) in [5, 5.41) is -0.397.